The van der Waals surface area contributed by atoms with Gasteiger partial charge in [0, 0.05) is 18.5 Å². The minimum Gasteiger partial charge on any atom is -0.497 e. The number of hydrogen-bond donors (Lipinski definition) is 0. The van der Waals surface area contributed by atoms with Crippen molar-refractivity contribution in [3.05, 3.63) is 64.8 Å². The summed E-state index contributed by atoms with van der Waals surface area (Å²) in [5.41, 5.74) is 1.43. The normalized spacial score (nSPS) is 16.6. The number of carbonyl (C=O) groups is 1. The summed E-state index contributed by atoms with van der Waals surface area (Å²) in [5, 5.41) is 3.97. The standard InChI is InChI=1S/C20H17ClFN3O3/c1-27-14-5-2-12(3-6-14)11-25-17(8-9-18(25)26)20-23-19(24-28-20)13-4-7-15(21)16(22)10-13/h2-7,10,17H,8-9,11H2,1H3. The number of benzene rings is 2. The average molecular weight is 402 g/mol. The second-order valence-electron chi connectivity index (χ2n) is 6.51. The molecule has 1 amide bonds. The molecule has 1 aliphatic heterocycles. The minimum atomic E-state index is -0.553. The Hall–Kier alpha value is -2.93. The first-order valence-corrected chi connectivity index (χ1v) is 9.14. The lowest BCUT2D eigenvalue weighted by Gasteiger charge is -2.22. The fraction of sp³-hybridized carbons (Fsp3) is 0.250. The molecule has 2 aromatic carbocycles. The molecule has 0 radical (unpaired) electrons. The van der Waals surface area contributed by atoms with Crippen LogP contribution in [0.25, 0.3) is 11.4 Å². The highest BCUT2D eigenvalue weighted by atomic mass is 35.5. The molecular formula is C20H17ClFN3O3. The molecule has 3 aromatic rings. The molecule has 1 atom stereocenters. The van der Waals surface area contributed by atoms with Gasteiger partial charge in [0.1, 0.15) is 17.6 Å². The Morgan fingerprint density at radius 3 is 2.79 bits per heavy atom. The van der Waals surface area contributed by atoms with Crippen molar-refractivity contribution < 1.29 is 18.4 Å². The lowest BCUT2D eigenvalue weighted by molar-refractivity contribution is -0.129. The molecule has 4 rings (SSSR count). The summed E-state index contributed by atoms with van der Waals surface area (Å²) in [4.78, 5) is 18.5. The van der Waals surface area contributed by atoms with E-state index in [0.717, 1.165) is 11.3 Å². The van der Waals surface area contributed by atoms with Gasteiger partial charge >= 0.3 is 0 Å². The van der Waals surface area contributed by atoms with E-state index in [4.69, 9.17) is 20.9 Å². The summed E-state index contributed by atoms with van der Waals surface area (Å²) in [6, 6.07) is 11.5. The van der Waals surface area contributed by atoms with Crippen molar-refractivity contribution in [2.75, 3.05) is 7.11 Å². The SMILES string of the molecule is COc1ccc(CN2C(=O)CCC2c2nc(-c3ccc(Cl)c(F)c3)no2)cc1. The lowest BCUT2D eigenvalue weighted by atomic mass is 10.1. The number of amides is 1. The summed E-state index contributed by atoms with van der Waals surface area (Å²) in [5.74, 6) is 0.824. The highest BCUT2D eigenvalue weighted by Gasteiger charge is 2.36. The van der Waals surface area contributed by atoms with Crippen LogP contribution in [0, 0.1) is 5.82 Å². The molecule has 1 aliphatic rings. The number of ether oxygens (including phenoxy) is 1. The van der Waals surface area contributed by atoms with Gasteiger partial charge in [-0.2, -0.15) is 4.98 Å². The van der Waals surface area contributed by atoms with Crippen molar-refractivity contribution in [3.63, 3.8) is 0 Å². The van der Waals surface area contributed by atoms with E-state index in [1.54, 1.807) is 18.1 Å². The van der Waals surface area contributed by atoms with Crippen molar-refractivity contribution in [1.29, 1.82) is 0 Å². The molecule has 28 heavy (non-hydrogen) atoms. The number of nitrogens with zero attached hydrogens (tertiary/aromatic N) is 3. The molecule has 8 heteroatoms. The van der Waals surface area contributed by atoms with E-state index >= 15 is 0 Å². The number of likely N-dealkylation sites (tertiary alicyclic amines) is 1. The molecule has 6 nitrogen and oxygen atoms in total. The summed E-state index contributed by atoms with van der Waals surface area (Å²) in [6.07, 6.45) is 1.000. The minimum absolute atomic E-state index is 0.0260. The number of rotatable bonds is 5. The van der Waals surface area contributed by atoms with Crippen LogP contribution in [0.3, 0.4) is 0 Å². The van der Waals surface area contributed by atoms with Gasteiger partial charge in [-0.15, -0.1) is 0 Å². The van der Waals surface area contributed by atoms with Crippen LogP contribution in [0.2, 0.25) is 5.02 Å². The van der Waals surface area contributed by atoms with Crippen LogP contribution in [-0.4, -0.2) is 28.1 Å². The Morgan fingerprint density at radius 2 is 2.07 bits per heavy atom. The van der Waals surface area contributed by atoms with Gasteiger partial charge in [0.15, 0.2) is 0 Å². The maximum atomic E-state index is 13.7. The van der Waals surface area contributed by atoms with E-state index in [9.17, 15) is 9.18 Å². The highest BCUT2D eigenvalue weighted by Crippen LogP contribution is 2.34. The van der Waals surface area contributed by atoms with Gasteiger partial charge in [0.05, 0.1) is 12.1 Å². The van der Waals surface area contributed by atoms with E-state index in [2.05, 4.69) is 10.1 Å². The second kappa shape index (κ2) is 7.59. The maximum absolute atomic E-state index is 13.7. The van der Waals surface area contributed by atoms with E-state index in [0.29, 0.717) is 30.8 Å². The average Bonchev–Trinajstić information content (AvgIpc) is 3.32. The fourth-order valence-corrected chi connectivity index (χ4v) is 3.36. The van der Waals surface area contributed by atoms with Crippen molar-refractivity contribution in [2.24, 2.45) is 0 Å². The van der Waals surface area contributed by atoms with Gasteiger partial charge in [0.25, 0.3) is 0 Å². The Bertz CT molecular complexity index is 1010. The van der Waals surface area contributed by atoms with E-state index in [1.807, 2.05) is 24.3 Å². The number of methoxy groups -OCH3 is 1. The van der Waals surface area contributed by atoms with Gasteiger partial charge in [-0.25, -0.2) is 4.39 Å². The van der Waals surface area contributed by atoms with Crippen molar-refractivity contribution >= 4 is 17.5 Å². The predicted molar refractivity (Wildman–Crippen MR) is 100 cm³/mol. The maximum Gasteiger partial charge on any atom is 0.249 e. The lowest BCUT2D eigenvalue weighted by Crippen LogP contribution is -2.27. The molecule has 0 spiro atoms. The van der Waals surface area contributed by atoms with E-state index in [1.165, 1.54) is 12.1 Å². The zero-order valence-corrected chi connectivity index (χ0v) is 15.8. The second-order valence-corrected chi connectivity index (χ2v) is 6.92. The van der Waals surface area contributed by atoms with Crippen LogP contribution in [0.5, 0.6) is 5.75 Å². The molecule has 0 bridgehead atoms. The first-order chi connectivity index (χ1) is 13.5. The van der Waals surface area contributed by atoms with Crippen LogP contribution in [0.1, 0.15) is 30.3 Å². The van der Waals surface area contributed by atoms with Gasteiger partial charge in [-0.05, 0) is 42.3 Å². The Morgan fingerprint density at radius 1 is 1.29 bits per heavy atom. The van der Waals surface area contributed by atoms with Gasteiger partial charge in [0.2, 0.25) is 17.6 Å². The molecule has 0 N–H and O–H groups in total. The highest BCUT2D eigenvalue weighted by molar-refractivity contribution is 6.30. The third kappa shape index (κ3) is 3.57. The van der Waals surface area contributed by atoms with Crippen LogP contribution < -0.4 is 4.74 Å². The zero-order chi connectivity index (χ0) is 19.7. The van der Waals surface area contributed by atoms with Crippen LogP contribution in [0.15, 0.2) is 47.0 Å². The summed E-state index contributed by atoms with van der Waals surface area (Å²) >= 11 is 5.72. The molecule has 0 aliphatic carbocycles. The van der Waals surface area contributed by atoms with Crippen LogP contribution >= 0.6 is 11.6 Å². The first-order valence-electron chi connectivity index (χ1n) is 8.76. The fourth-order valence-electron chi connectivity index (χ4n) is 3.24. The van der Waals surface area contributed by atoms with E-state index in [-0.39, 0.29) is 22.8 Å². The number of carbonyl (C=O) groups excluding carboxylic acids is 1. The van der Waals surface area contributed by atoms with Crippen LogP contribution in [-0.2, 0) is 11.3 Å². The molecule has 0 saturated carbocycles. The monoisotopic (exact) mass is 401 g/mol. The molecule has 1 saturated heterocycles. The molecule has 1 unspecified atom stereocenters. The van der Waals surface area contributed by atoms with Gasteiger partial charge in [-0.3, -0.25) is 4.79 Å². The zero-order valence-electron chi connectivity index (χ0n) is 15.1. The Balaban J connectivity index is 1.56. The third-order valence-corrected chi connectivity index (χ3v) is 5.05. The topological polar surface area (TPSA) is 68.5 Å². The van der Waals surface area contributed by atoms with Crippen LogP contribution in [0.4, 0.5) is 4.39 Å². The molecule has 144 valence electrons. The largest absolute Gasteiger partial charge is 0.497 e. The Labute approximate surface area is 165 Å². The number of aromatic nitrogens is 2. The predicted octanol–water partition coefficient (Wildman–Crippen LogP) is 4.40. The van der Waals surface area contributed by atoms with Crippen molar-refractivity contribution in [3.8, 4) is 17.1 Å². The molecule has 1 fully saturated rings. The van der Waals surface area contributed by atoms with Crippen molar-refractivity contribution in [2.45, 2.75) is 25.4 Å². The van der Waals surface area contributed by atoms with E-state index < -0.39 is 5.82 Å². The summed E-state index contributed by atoms with van der Waals surface area (Å²) in [7, 11) is 1.61. The molecular weight excluding hydrogens is 385 g/mol. The first kappa shape index (κ1) is 18.4. The quantitative estimate of drug-likeness (QED) is 0.633. The third-order valence-electron chi connectivity index (χ3n) is 4.74. The molecule has 2 heterocycles. The van der Waals surface area contributed by atoms with Gasteiger partial charge < -0.3 is 14.2 Å². The van der Waals surface area contributed by atoms with Gasteiger partial charge in [-0.1, -0.05) is 28.9 Å². The summed E-state index contributed by atoms with van der Waals surface area (Å²) in [6.45, 7) is 0.431. The van der Waals surface area contributed by atoms with Crippen molar-refractivity contribution in [1.82, 2.24) is 15.0 Å². The summed E-state index contributed by atoms with van der Waals surface area (Å²) < 4.78 is 24.3. The smallest absolute Gasteiger partial charge is 0.249 e. The molecule has 1 aromatic heterocycles. The Kier molecular flexibility index (Phi) is 5.00. The number of halogens is 2. The number of hydrogen-bond acceptors (Lipinski definition) is 5.